The second kappa shape index (κ2) is 5.06. The van der Waals surface area contributed by atoms with Gasteiger partial charge in [-0.25, -0.2) is 0 Å². The molecule has 0 radical (unpaired) electrons. The third-order valence-corrected chi connectivity index (χ3v) is 2.99. The molecule has 0 fully saturated rings. The van der Waals surface area contributed by atoms with E-state index < -0.39 is 11.7 Å². The Kier molecular flexibility index (Phi) is 3.65. The third kappa shape index (κ3) is 3.07. The van der Waals surface area contributed by atoms with Crippen LogP contribution in [-0.4, -0.2) is 0 Å². The zero-order valence-electron chi connectivity index (χ0n) is 9.09. The summed E-state index contributed by atoms with van der Waals surface area (Å²) in [5.74, 6) is 0.710. The van der Waals surface area contributed by atoms with Crippen LogP contribution in [-0.2, 0) is 12.7 Å². The number of alkyl halides is 3. The van der Waals surface area contributed by atoms with Gasteiger partial charge < -0.3 is 9.73 Å². The number of benzene rings is 1. The SMILES string of the molecule is FC(F)(F)c1ccc(NCc2ccco2)c(Br)c1. The summed E-state index contributed by atoms with van der Waals surface area (Å²) < 4.78 is 42.8. The smallest absolute Gasteiger partial charge is 0.416 e. The molecule has 0 spiro atoms. The first kappa shape index (κ1) is 13.0. The van der Waals surface area contributed by atoms with Crippen LogP contribution in [0.15, 0.2) is 45.5 Å². The molecule has 1 aromatic heterocycles. The average Bonchev–Trinajstić information content (AvgIpc) is 2.79. The molecule has 0 amide bonds. The maximum absolute atomic E-state index is 12.5. The maximum Gasteiger partial charge on any atom is 0.416 e. The molecule has 2 aromatic rings. The van der Waals surface area contributed by atoms with Crippen molar-refractivity contribution in [2.24, 2.45) is 0 Å². The Labute approximate surface area is 110 Å². The molecule has 0 atom stereocenters. The Morgan fingerprint density at radius 2 is 2.00 bits per heavy atom. The lowest BCUT2D eigenvalue weighted by atomic mass is 10.2. The van der Waals surface area contributed by atoms with Gasteiger partial charge in [-0.1, -0.05) is 0 Å². The first-order valence-corrected chi connectivity index (χ1v) is 5.89. The lowest BCUT2D eigenvalue weighted by Gasteiger charge is -2.11. The highest BCUT2D eigenvalue weighted by molar-refractivity contribution is 9.10. The molecule has 1 aromatic carbocycles. The summed E-state index contributed by atoms with van der Waals surface area (Å²) in [6, 6.07) is 7.00. The summed E-state index contributed by atoms with van der Waals surface area (Å²) in [6.45, 7) is 0.414. The van der Waals surface area contributed by atoms with E-state index in [9.17, 15) is 13.2 Å². The molecule has 1 N–H and O–H groups in total. The first-order chi connectivity index (χ1) is 8.47. The van der Waals surface area contributed by atoms with Gasteiger partial charge in [-0.3, -0.25) is 0 Å². The van der Waals surface area contributed by atoms with E-state index in [1.807, 2.05) is 0 Å². The summed E-state index contributed by atoms with van der Waals surface area (Å²) in [4.78, 5) is 0. The minimum atomic E-state index is -4.33. The Bertz CT molecular complexity index is 523. The van der Waals surface area contributed by atoms with E-state index in [-0.39, 0.29) is 0 Å². The summed E-state index contributed by atoms with van der Waals surface area (Å²) in [6.07, 6.45) is -2.79. The van der Waals surface area contributed by atoms with Crippen LogP contribution >= 0.6 is 15.9 Å². The van der Waals surface area contributed by atoms with Gasteiger partial charge in [0.1, 0.15) is 5.76 Å². The number of halogens is 4. The van der Waals surface area contributed by atoms with E-state index >= 15 is 0 Å². The quantitative estimate of drug-likeness (QED) is 0.889. The van der Waals surface area contributed by atoms with E-state index in [1.54, 1.807) is 18.4 Å². The van der Waals surface area contributed by atoms with Gasteiger partial charge in [0, 0.05) is 10.2 Å². The largest absolute Gasteiger partial charge is 0.467 e. The van der Waals surface area contributed by atoms with E-state index in [4.69, 9.17) is 4.42 Å². The second-order valence-electron chi connectivity index (χ2n) is 3.63. The van der Waals surface area contributed by atoms with Gasteiger partial charge in [-0.15, -0.1) is 0 Å². The molecule has 96 valence electrons. The molecule has 2 nitrogen and oxygen atoms in total. The van der Waals surface area contributed by atoms with Crippen LogP contribution in [0.2, 0.25) is 0 Å². The fourth-order valence-electron chi connectivity index (χ4n) is 1.43. The molecular formula is C12H9BrF3NO. The number of hydrogen-bond donors (Lipinski definition) is 1. The summed E-state index contributed by atoms with van der Waals surface area (Å²) >= 11 is 3.11. The minimum absolute atomic E-state index is 0.365. The molecule has 0 aliphatic carbocycles. The lowest BCUT2D eigenvalue weighted by molar-refractivity contribution is -0.137. The fraction of sp³-hybridized carbons (Fsp3) is 0.167. The fourth-order valence-corrected chi connectivity index (χ4v) is 1.95. The van der Waals surface area contributed by atoms with Crippen molar-refractivity contribution in [3.63, 3.8) is 0 Å². The molecule has 0 unspecified atom stereocenters. The van der Waals surface area contributed by atoms with Crippen LogP contribution in [0.5, 0.6) is 0 Å². The van der Waals surface area contributed by atoms with Crippen LogP contribution in [0.25, 0.3) is 0 Å². The van der Waals surface area contributed by atoms with Crippen LogP contribution in [0.3, 0.4) is 0 Å². The highest BCUT2D eigenvalue weighted by atomic mass is 79.9. The Balaban J connectivity index is 2.10. The van der Waals surface area contributed by atoms with Gasteiger partial charge in [-0.05, 0) is 46.3 Å². The molecular weight excluding hydrogens is 311 g/mol. The topological polar surface area (TPSA) is 25.2 Å². The van der Waals surface area contributed by atoms with Crippen molar-refractivity contribution < 1.29 is 17.6 Å². The van der Waals surface area contributed by atoms with Crippen molar-refractivity contribution in [2.45, 2.75) is 12.7 Å². The van der Waals surface area contributed by atoms with Crippen molar-refractivity contribution in [1.29, 1.82) is 0 Å². The van der Waals surface area contributed by atoms with Crippen molar-refractivity contribution in [3.05, 3.63) is 52.4 Å². The molecule has 1 heterocycles. The van der Waals surface area contributed by atoms with E-state index in [0.717, 1.165) is 12.1 Å². The first-order valence-electron chi connectivity index (χ1n) is 5.10. The predicted molar refractivity (Wildman–Crippen MR) is 65.2 cm³/mol. The third-order valence-electron chi connectivity index (χ3n) is 2.33. The van der Waals surface area contributed by atoms with Gasteiger partial charge in [-0.2, -0.15) is 13.2 Å². The molecule has 0 aliphatic rings. The summed E-state index contributed by atoms with van der Waals surface area (Å²) in [7, 11) is 0. The van der Waals surface area contributed by atoms with Crippen LogP contribution in [0, 0.1) is 0 Å². The van der Waals surface area contributed by atoms with Crippen LogP contribution < -0.4 is 5.32 Å². The highest BCUT2D eigenvalue weighted by Gasteiger charge is 2.30. The van der Waals surface area contributed by atoms with Crippen molar-refractivity contribution in [1.82, 2.24) is 0 Å². The van der Waals surface area contributed by atoms with E-state index in [1.165, 1.54) is 6.07 Å². The minimum Gasteiger partial charge on any atom is -0.467 e. The zero-order valence-corrected chi connectivity index (χ0v) is 10.7. The van der Waals surface area contributed by atoms with Gasteiger partial charge in [0.05, 0.1) is 18.4 Å². The van der Waals surface area contributed by atoms with Gasteiger partial charge >= 0.3 is 6.18 Å². The number of hydrogen-bond acceptors (Lipinski definition) is 2. The number of rotatable bonds is 3. The molecule has 0 bridgehead atoms. The van der Waals surface area contributed by atoms with E-state index in [0.29, 0.717) is 22.5 Å². The van der Waals surface area contributed by atoms with Crippen molar-refractivity contribution in [2.75, 3.05) is 5.32 Å². The standard InChI is InChI=1S/C12H9BrF3NO/c13-10-6-8(12(14,15)16)3-4-11(10)17-7-9-2-1-5-18-9/h1-6,17H,7H2. The lowest BCUT2D eigenvalue weighted by Crippen LogP contribution is -2.06. The Morgan fingerprint density at radius 3 is 2.56 bits per heavy atom. The van der Waals surface area contributed by atoms with E-state index in [2.05, 4.69) is 21.2 Å². The molecule has 6 heteroatoms. The molecule has 0 aliphatic heterocycles. The molecule has 18 heavy (non-hydrogen) atoms. The Hall–Kier alpha value is -1.43. The average molecular weight is 320 g/mol. The number of furan rings is 1. The predicted octanol–water partition coefficient (Wildman–Crippen LogP) is 4.67. The van der Waals surface area contributed by atoms with Gasteiger partial charge in [0.2, 0.25) is 0 Å². The number of nitrogens with one attached hydrogen (secondary N) is 1. The van der Waals surface area contributed by atoms with Crippen LogP contribution in [0.1, 0.15) is 11.3 Å². The molecule has 0 saturated carbocycles. The molecule has 0 saturated heterocycles. The maximum atomic E-state index is 12.5. The normalized spacial score (nSPS) is 11.6. The summed E-state index contributed by atoms with van der Waals surface area (Å²) in [5, 5.41) is 2.99. The number of anilines is 1. The van der Waals surface area contributed by atoms with Gasteiger partial charge in [0.15, 0.2) is 0 Å². The van der Waals surface area contributed by atoms with Gasteiger partial charge in [0.25, 0.3) is 0 Å². The highest BCUT2D eigenvalue weighted by Crippen LogP contribution is 2.34. The zero-order chi connectivity index (χ0) is 13.2. The monoisotopic (exact) mass is 319 g/mol. The Morgan fingerprint density at radius 1 is 1.22 bits per heavy atom. The van der Waals surface area contributed by atoms with Crippen molar-refractivity contribution in [3.8, 4) is 0 Å². The van der Waals surface area contributed by atoms with Crippen molar-refractivity contribution >= 4 is 21.6 Å². The second-order valence-corrected chi connectivity index (χ2v) is 4.48. The van der Waals surface area contributed by atoms with Crippen LogP contribution in [0.4, 0.5) is 18.9 Å². The summed E-state index contributed by atoms with van der Waals surface area (Å²) in [5.41, 5.74) is -0.0997. The molecule has 2 rings (SSSR count).